The zero-order valence-electron chi connectivity index (χ0n) is 17.4. The van der Waals surface area contributed by atoms with E-state index in [0.717, 1.165) is 38.2 Å². The van der Waals surface area contributed by atoms with Gasteiger partial charge in [0.25, 0.3) is 5.91 Å². The number of hydrogen-bond acceptors (Lipinski definition) is 5. The van der Waals surface area contributed by atoms with Crippen LogP contribution in [0.1, 0.15) is 22.3 Å². The van der Waals surface area contributed by atoms with Gasteiger partial charge < -0.3 is 31.3 Å². The number of nitrogens with one attached hydrogen (secondary N) is 3. The van der Waals surface area contributed by atoms with Gasteiger partial charge in [0.15, 0.2) is 5.96 Å². The fraction of sp³-hybridized carbons (Fsp3) is 0.526. The average molecular weight is 520 g/mol. The van der Waals surface area contributed by atoms with Crippen molar-refractivity contribution in [3.05, 3.63) is 35.4 Å². The molecule has 0 aliphatic rings. The van der Waals surface area contributed by atoms with Crippen LogP contribution in [-0.4, -0.2) is 76.7 Å². The molecule has 2 amide bonds. The van der Waals surface area contributed by atoms with Gasteiger partial charge in [-0.1, -0.05) is 12.1 Å². The Hall–Kier alpha value is -1.92. The van der Waals surface area contributed by atoms with E-state index in [9.17, 15) is 9.59 Å². The van der Waals surface area contributed by atoms with Gasteiger partial charge in [0, 0.05) is 52.5 Å². The molecule has 0 heterocycles. The number of rotatable bonds is 12. The van der Waals surface area contributed by atoms with Crippen molar-refractivity contribution < 1.29 is 14.3 Å². The van der Waals surface area contributed by atoms with E-state index in [4.69, 9.17) is 10.5 Å². The lowest BCUT2D eigenvalue weighted by atomic mass is 10.1. The van der Waals surface area contributed by atoms with Crippen LogP contribution in [0.3, 0.4) is 0 Å². The molecule has 9 nitrogen and oxygen atoms in total. The van der Waals surface area contributed by atoms with Crippen LogP contribution in [0.25, 0.3) is 0 Å². The fourth-order valence-electron chi connectivity index (χ4n) is 2.41. The van der Waals surface area contributed by atoms with E-state index in [1.54, 1.807) is 26.3 Å². The molecule has 0 spiro atoms. The maximum atomic E-state index is 11.9. The highest BCUT2D eigenvalue weighted by Gasteiger charge is 2.06. The molecular weight excluding hydrogens is 487 g/mol. The van der Waals surface area contributed by atoms with Gasteiger partial charge in [-0.2, -0.15) is 0 Å². The second kappa shape index (κ2) is 15.9. The van der Waals surface area contributed by atoms with Crippen molar-refractivity contribution in [3.8, 4) is 0 Å². The smallest absolute Gasteiger partial charge is 0.251 e. The number of nitrogens with zero attached hydrogens (tertiary/aromatic N) is 2. The quantitative estimate of drug-likeness (QED) is 0.135. The van der Waals surface area contributed by atoms with Crippen LogP contribution in [0, 0.1) is 0 Å². The van der Waals surface area contributed by atoms with Gasteiger partial charge in [-0.3, -0.25) is 14.6 Å². The van der Waals surface area contributed by atoms with Gasteiger partial charge in [-0.25, -0.2) is 0 Å². The van der Waals surface area contributed by atoms with E-state index in [1.165, 1.54) is 0 Å². The molecule has 0 saturated heterocycles. The summed E-state index contributed by atoms with van der Waals surface area (Å²) in [6, 6.07) is 7.11. The molecule has 0 aliphatic heterocycles. The number of guanidine groups is 1. The first kappa shape index (κ1) is 27.1. The van der Waals surface area contributed by atoms with Crippen LogP contribution in [0.5, 0.6) is 0 Å². The monoisotopic (exact) mass is 520 g/mol. The largest absolute Gasteiger partial charge is 0.385 e. The molecule has 0 unspecified atom stereocenters. The maximum Gasteiger partial charge on any atom is 0.251 e. The van der Waals surface area contributed by atoms with Crippen LogP contribution in [-0.2, 0) is 16.1 Å². The van der Waals surface area contributed by atoms with Crippen LogP contribution < -0.4 is 21.7 Å². The minimum Gasteiger partial charge on any atom is -0.385 e. The second-order valence-electron chi connectivity index (χ2n) is 6.35. The van der Waals surface area contributed by atoms with Crippen molar-refractivity contribution in [2.24, 2.45) is 10.7 Å². The molecule has 0 fully saturated rings. The third-order valence-corrected chi connectivity index (χ3v) is 4.00. The molecule has 164 valence electrons. The molecule has 10 heteroatoms. The van der Waals surface area contributed by atoms with E-state index >= 15 is 0 Å². The predicted octanol–water partition coefficient (Wildman–Crippen LogP) is 0.153. The van der Waals surface area contributed by atoms with Crippen molar-refractivity contribution >= 4 is 41.8 Å². The minimum absolute atomic E-state index is 0. The second-order valence-corrected chi connectivity index (χ2v) is 6.35. The number of halogens is 1. The Balaban J connectivity index is 0.00000784. The van der Waals surface area contributed by atoms with E-state index in [2.05, 4.69) is 32.9 Å². The standard InChI is InChI=1S/C19H32N6O3.HI/c1-21-19(22-9-11-25(2)10-4-12-28-3)24-13-15-5-7-16(8-6-15)18(27)23-14-17(20)26;/h5-8H,4,9-14H2,1-3H3,(H2,20,26)(H,23,27)(H2,21,22,24);1H. The van der Waals surface area contributed by atoms with E-state index in [1.807, 2.05) is 12.1 Å². The number of benzene rings is 1. The van der Waals surface area contributed by atoms with Gasteiger partial charge in [0.1, 0.15) is 0 Å². The summed E-state index contributed by atoms with van der Waals surface area (Å²) in [5, 5.41) is 8.97. The Bertz CT molecular complexity index is 639. The lowest BCUT2D eigenvalue weighted by Gasteiger charge is -2.18. The Labute approximate surface area is 189 Å². The topological polar surface area (TPSA) is 121 Å². The number of carbonyl (C=O) groups is 2. The maximum absolute atomic E-state index is 11.9. The summed E-state index contributed by atoms with van der Waals surface area (Å²) in [5.41, 5.74) is 6.50. The third-order valence-electron chi connectivity index (χ3n) is 4.00. The van der Waals surface area contributed by atoms with Crippen molar-refractivity contribution in [2.75, 3.05) is 54.0 Å². The molecule has 0 radical (unpaired) electrons. The molecule has 1 aromatic carbocycles. The molecule has 29 heavy (non-hydrogen) atoms. The number of aliphatic imine (C=N–C) groups is 1. The van der Waals surface area contributed by atoms with Crippen molar-refractivity contribution in [3.63, 3.8) is 0 Å². The van der Waals surface area contributed by atoms with Crippen LogP contribution in [0.2, 0.25) is 0 Å². The molecule has 0 aromatic heterocycles. The molecule has 0 saturated carbocycles. The first-order chi connectivity index (χ1) is 13.5. The van der Waals surface area contributed by atoms with Crippen LogP contribution in [0.4, 0.5) is 0 Å². The summed E-state index contributed by atoms with van der Waals surface area (Å²) in [4.78, 5) is 29.0. The normalized spacial score (nSPS) is 11.0. The Morgan fingerprint density at radius 3 is 2.41 bits per heavy atom. The van der Waals surface area contributed by atoms with Crippen LogP contribution >= 0.6 is 24.0 Å². The van der Waals surface area contributed by atoms with Gasteiger partial charge in [-0.05, 0) is 31.2 Å². The van der Waals surface area contributed by atoms with Gasteiger partial charge in [-0.15, -0.1) is 24.0 Å². The average Bonchev–Trinajstić information content (AvgIpc) is 2.69. The summed E-state index contributed by atoms with van der Waals surface area (Å²) in [7, 11) is 5.52. The van der Waals surface area contributed by atoms with Crippen molar-refractivity contribution in [2.45, 2.75) is 13.0 Å². The van der Waals surface area contributed by atoms with Crippen molar-refractivity contribution in [1.82, 2.24) is 20.9 Å². The minimum atomic E-state index is -0.575. The number of nitrogens with two attached hydrogens (primary N) is 1. The zero-order chi connectivity index (χ0) is 20.8. The molecular formula is C19H33IN6O3. The Morgan fingerprint density at radius 2 is 1.83 bits per heavy atom. The summed E-state index contributed by atoms with van der Waals surface area (Å²) < 4.78 is 5.06. The van der Waals surface area contributed by atoms with Crippen molar-refractivity contribution in [1.29, 1.82) is 0 Å². The first-order valence-electron chi connectivity index (χ1n) is 9.23. The molecule has 1 rings (SSSR count). The first-order valence-corrected chi connectivity index (χ1v) is 9.23. The highest BCUT2D eigenvalue weighted by Crippen LogP contribution is 2.04. The number of carbonyl (C=O) groups excluding carboxylic acids is 2. The third kappa shape index (κ3) is 12.3. The Morgan fingerprint density at radius 1 is 1.14 bits per heavy atom. The van der Waals surface area contributed by atoms with Gasteiger partial charge >= 0.3 is 0 Å². The lowest BCUT2D eigenvalue weighted by molar-refractivity contribution is -0.117. The lowest BCUT2D eigenvalue weighted by Crippen LogP contribution is -2.40. The molecule has 0 atom stereocenters. The number of amides is 2. The summed E-state index contributed by atoms with van der Waals surface area (Å²) in [5.74, 6) is -0.187. The molecule has 1 aromatic rings. The summed E-state index contributed by atoms with van der Waals surface area (Å²) in [6.07, 6.45) is 1.01. The molecule has 0 bridgehead atoms. The van der Waals surface area contributed by atoms with Gasteiger partial charge in [0.05, 0.1) is 6.54 Å². The highest BCUT2D eigenvalue weighted by molar-refractivity contribution is 14.0. The Kier molecular flexibility index (Phi) is 14.9. The number of methoxy groups -OCH3 is 1. The molecule has 0 aliphatic carbocycles. The number of hydrogen-bond donors (Lipinski definition) is 4. The van der Waals surface area contributed by atoms with Crippen LogP contribution in [0.15, 0.2) is 29.3 Å². The SMILES string of the molecule is CN=C(NCCN(C)CCCOC)NCc1ccc(C(=O)NCC(N)=O)cc1.I. The van der Waals surface area contributed by atoms with Gasteiger partial charge in [0.2, 0.25) is 5.91 Å². The van der Waals surface area contributed by atoms with E-state index in [-0.39, 0.29) is 36.4 Å². The van der Waals surface area contributed by atoms with E-state index in [0.29, 0.717) is 18.1 Å². The summed E-state index contributed by atoms with van der Waals surface area (Å²) in [6.45, 7) is 3.84. The number of ether oxygens (including phenoxy) is 1. The summed E-state index contributed by atoms with van der Waals surface area (Å²) >= 11 is 0. The highest BCUT2D eigenvalue weighted by atomic mass is 127. The zero-order valence-corrected chi connectivity index (χ0v) is 19.7. The van der Waals surface area contributed by atoms with E-state index < -0.39 is 5.91 Å². The number of likely N-dealkylation sites (N-methyl/N-ethyl adjacent to an activating group) is 1. The molecule has 5 N–H and O–H groups in total. The number of primary amides is 1. The predicted molar refractivity (Wildman–Crippen MR) is 126 cm³/mol. The fourth-order valence-corrected chi connectivity index (χ4v) is 2.41.